The number of nitrogens with one attached hydrogen (secondary N) is 2. The third-order valence-corrected chi connectivity index (χ3v) is 13.5. The van der Waals surface area contributed by atoms with Crippen molar-refractivity contribution in [3.63, 3.8) is 0 Å². The fourth-order valence-electron chi connectivity index (χ4n) is 9.89. The van der Waals surface area contributed by atoms with Gasteiger partial charge < -0.3 is 29.7 Å². The number of morpholine rings is 1. The second kappa shape index (κ2) is 15.2. The average Bonchev–Trinajstić information content (AvgIpc) is 4.08. The quantitative estimate of drug-likeness (QED) is 0.166. The minimum atomic E-state index is -2.88. The van der Waals surface area contributed by atoms with Crippen molar-refractivity contribution in [3.8, 4) is 0 Å². The van der Waals surface area contributed by atoms with Crippen LogP contribution in [0.1, 0.15) is 94.8 Å². The van der Waals surface area contributed by atoms with Gasteiger partial charge in [-0.25, -0.2) is 18.3 Å². The van der Waals surface area contributed by atoms with E-state index in [1.165, 1.54) is 11.1 Å². The van der Waals surface area contributed by atoms with E-state index in [-0.39, 0.29) is 54.1 Å². The van der Waals surface area contributed by atoms with Crippen LogP contribution in [0.3, 0.4) is 0 Å². The van der Waals surface area contributed by atoms with Crippen molar-refractivity contribution < 1.29 is 32.7 Å². The zero-order valence-corrected chi connectivity index (χ0v) is 33.1. The summed E-state index contributed by atoms with van der Waals surface area (Å²) in [7, 11) is 0. The summed E-state index contributed by atoms with van der Waals surface area (Å²) in [6.07, 6.45) is 6.78. The van der Waals surface area contributed by atoms with E-state index < -0.39 is 35.3 Å². The number of piperidine rings is 3. The highest BCUT2D eigenvalue weighted by Gasteiger charge is 2.45. The van der Waals surface area contributed by atoms with E-state index in [2.05, 4.69) is 40.5 Å². The van der Waals surface area contributed by atoms with Gasteiger partial charge in [-0.05, 0) is 68.2 Å². The van der Waals surface area contributed by atoms with E-state index in [0.717, 1.165) is 76.1 Å². The SMILES string of the molecule is O=C1CCC(N2C(=O)c3cc(N4CCC(CN5CCC(n6cc(NC(=O)c7c(N8C[C@H]9C[C@@H]8CO9)nn8cccnc78)c(C(F)F)n6)CC5)CC4)ccc3C2S)C(=O)N1. The number of carbonyl (C=O) groups excluding carboxylic acids is 4. The predicted octanol–water partition coefficient (Wildman–Crippen LogP) is 3.84. The molecule has 3 aromatic heterocycles. The van der Waals surface area contributed by atoms with Crippen LogP contribution in [-0.4, -0.2) is 122 Å². The molecule has 0 radical (unpaired) electrons. The number of ether oxygens (including phenoxy) is 1. The van der Waals surface area contributed by atoms with Crippen LogP contribution in [0.2, 0.25) is 0 Å². The van der Waals surface area contributed by atoms with Crippen LogP contribution in [0, 0.1) is 5.92 Å². The van der Waals surface area contributed by atoms with Crippen LogP contribution in [0.25, 0.3) is 5.65 Å². The first-order valence-corrected chi connectivity index (χ1v) is 21.0. The Balaban J connectivity index is 0.747. The van der Waals surface area contributed by atoms with Crippen LogP contribution < -0.4 is 20.4 Å². The summed E-state index contributed by atoms with van der Waals surface area (Å²) in [5.74, 6) is -0.639. The van der Waals surface area contributed by atoms with E-state index in [9.17, 15) is 28.0 Å². The maximum absolute atomic E-state index is 14.4. The molecule has 2 N–H and O–H groups in total. The fourth-order valence-corrected chi connectivity index (χ4v) is 10.4. The molecule has 4 atom stereocenters. The maximum atomic E-state index is 14.4. The number of amides is 4. The molecular formula is C40H45F2N11O5S. The van der Waals surface area contributed by atoms with Crippen molar-refractivity contribution in [1.82, 2.24) is 39.5 Å². The number of anilines is 3. The third kappa shape index (κ3) is 6.89. The maximum Gasteiger partial charge on any atom is 0.284 e. The Bertz CT molecular complexity index is 2320. The number of hydrogen-bond donors (Lipinski definition) is 3. The van der Waals surface area contributed by atoms with Gasteiger partial charge in [0.25, 0.3) is 18.2 Å². The van der Waals surface area contributed by atoms with Crippen molar-refractivity contribution >= 4 is 59.1 Å². The zero-order chi connectivity index (χ0) is 40.5. The molecule has 6 aliphatic heterocycles. The molecule has 2 unspecified atom stereocenters. The smallest absolute Gasteiger partial charge is 0.284 e. The first-order valence-electron chi connectivity index (χ1n) is 20.5. The molecule has 9 heterocycles. The van der Waals surface area contributed by atoms with Gasteiger partial charge in [0.1, 0.15) is 17.0 Å². The molecule has 6 aliphatic rings. The molecule has 16 nitrogen and oxygen atoms in total. The van der Waals surface area contributed by atoms with Gasteiger partial charge in [-0.2, -0.15) is 5.10 Å². The standard InChI is InChI=1S/C40H45F2N11O5S/c41-34(42)33-29(44-38(56)32-35-43-10-1-11-51(35)47-36(32)50-19-26-16-25(50)21-58-26)20-52(46-33)23-8-12-48(13-9-23)18-22-6-14-49(15-7-22)24-2-3-27-28(17-24)39(57)53(40(27)59)30-4-5-31(54)45-37(30)55/h1-3,10-11,17,20,22-23,25-26,30,34,40,59H,4-9,12-16,18-19,21H2,(H,44,56)(H,45,54,55)/t25-,26-,30?,40?/m1/s1. The zero-order valence-electron chi connectivity index (χ0n) is 32.3. The summed E-state index contributed by atoms with van der Waals surface area (Å²) < 4.78 is 37.7. The molecule has 0 spiro atoms. The molecule has 4 amide bonds. The number of alkyl halides is 2. The Hall–Kier alpha value is -5.14. The van der Waals surface area contributed by atoms with Crippen LogP contribution in [0.5, 0.6) is 0 Å². The van der Waals surface area contributed by atoms with Gasteiger partial charge in [0.05, 0.1) is 30.5 Å². The van der Waals surface area contributed by atoms with Gasteiger partial charge in [-0.3, -0.25) is 29.2 Å². The molecule has 5 saturated heterocycles. The number of halogens is 2. The van der Waals surface area contributed by atoms with Crippen LogP contribution in [0.15, 0.2) is 42.9 Å². The van der Waals surface area contributed by atoms with Crippen LogP contribution in [-0.2, 0) is 14.3 Å². The van der Waals surface area contributed by atoms with E-state index in [4.69, 9.17) is 17.4 Å². The summed E-state index contributed by atoms with van der Waals surface area (Å²) in [5, 5.41) is 13.5. The summed E-state index contributed by atoms with van der Waals surface area (Å²) in [5.41, 5.74) is 2.37. The van der Waals surface area contributed by atoms with Gasteiger partial charge in [-0.1, -0.05) is 6.07 Å². The Morgan fingerprint density at radius 3 is 2.58 bits per heavy atom. The van der Waals surface area contributed by atoms with Gasteiger partial charge >= 0.3 is 0 Å². The highest BCUT2D eigenvalue weighted by Crippen LogP contribution is 2.42. The van der Waals surface area contributed by atoms with Gasteiger partial charge in [0.2, 0.25) is 11.8 Å². The average molecular weight is 830 g/mol. The molecule has 10 rings (SSSR count). The van der Waals surface area contributed by atoms with E-state index in [0.29, 0.717) is 36.1 Å². The van der Waals surface area contributed by atoms with Crippen molar-refractivity contribution in [2.75, 3.05) is 61.0 Å². The number of aromatic nitrogens is 5. The van der Waals surface area contributed by atoms with Gasteiger partial charge in [0, 0.05) is 75.5 Å². The van der Waals surface area contributed by atoms with E-state index >= 15 is 0 Å². The Labute approximate surface area is 343 Å². The molecule has 4 aromatic rings. The molecule has 59 heavy (non-hydrogen) atoms. The fraction of sp³-hybridized carbons (Fsp3) is 0.525. The minimum Gasteiger partial charge on any atom is -0.374 e. The number of rotatable bonds is 9. The lowest BCUT2D eigenvalue weighted by Crippen LogP contribution is -2.53. The lowest BCUT2D eigenvalue weighted by atomic mass is 9.94. The van der Waals surface area contributed by atoms with Crippen molar-refractivity contribution in [2.45, 2.75) is 81.0 Å². The molecule has 1 aromatic carbocycles. The molecule has 0 aliphatic carbocycles. The minimum absolute atomic E-state index is 0.0171. The number of hydrogen-bond acceptors (Lipinski definition) is 12. The molecule has 0 saturated carbocycles. The normalized spacial score (nSPS) is 25.5. The largest absolute Gasteiger partial charge is 0.374 e. The summed E-state index contributed by atoms with van der Waals surface area (Å²) >= 11 is 4.69. The number of benzene rings is 1. The lowest BCUT2D eigenvalue weighted by Gasteiger charge is -2.38. The molecule has 310 valence electrons. The molecule has 5 fully saturated rings. The third-order valence-electron chi connectivity index (χ3n) is 13.0. The molecule has 2 bridgehead atoms. The van der Waals surface area contributed by atoms with Crippen LogP contribution in [0.4, 0.5) is 26.0 Å². The van der Waals surface area contributed by atoms with Gasteiger partial charge in [0.15, 0.2) is 17.2 Å². The van der Waals surface area contributed by atoms with Crippen molar-refractivity contribution in [1.29, 1.82) is 0 Å². The lowest BCUT2D eigenvalue weighted by molar-refractivity contribution is -0.137. The summed E-state index contributed by atoms with van der Waals surface area (Å²) in [4.78, 5) is 64.4. The first-order chi connectivity index (χ1) is 28.6. The van der Waals surface area contributed by atoms with Crippen LogP contribution >= 0.6 is 12.6 Å². The Kier molecular flexibility index (Phi) is 9.78. The van der Waals surface area contributed by atoms with E-state index in [1.54, 1.807) is 27.7 Å². The number of imide groups is 1. The van der Waals surface area contributed by atoms with E-state index in [1.807, 2.05) is 18.2 Å². The highest BCUT2D eigenvalue weighted by molar-refractivity contribution is 7.80. The number of thiol groups is 1. The van der Waals surface area contributed by atoms with Gasteiger partial charge in [-0.15, -0.1) is 17.7 Å². The number of carbonyl (C=O) groups is 4. The monoisotopic (exact) mass is 829 g/mol. The van der Waals surface area contributed by atoms with Crippen molar-refractivity contribution in [3.05, 3.63) is 65.2 Å². The summed E-state index contributed by atoms with van der Waals surface area (Å²) in [6, 6.07) is 6.84. The number of fused-ring (bicyclic) bond motifs is 4. The molecular weight excluding hydrogens is 785 g/mol. The van der Waals surface area contributed by atoms with Crippen molar-refractivity contribution in [2.24, 2.45) is 5.92 Å². The summed E-state index contributed by atoms with van der Waals surface area (Å²) in [6.45, 7) is 5.37. The predicted molar refractivity (Wildman–Crippen MR) is 214 cm³/mol. The first kappa shape index (κ1) is 38.1. The Morgan fingerprint density at radius 2 is 1.85 bits per heavy atom. The number of nitrogens with zero attached hydrogens (tertiary/aromatic N) is 9. The Morgan fingerprint density at radius 1 is 1.03 bits per heavy atom. The number of likely N-dealkylation sites (tertiary alicyclic amines) is 1. The topological polar surface area (TPSA) is 163 Å². The molecule has 19 heteroatoms. The second-order valence-electron chi connectivity index (χ2n) is 16.5. The second-order valence-corrected chi connectivity index (χ2v) is 17.0. The highest BCUT2D eigenvalue weighted by atomic mass is 32.1.